The van der Waals surface area contributed by atoms with E-state index in [1.165, 1.54) is 0 Å². The molecule has 7 nitrogen and oxygen atoms in total. The molecule has 0 rings (SSSR count). The number of halogens is 1. The molecule has 0 aliphatic carbocycles. The standard InChI is InChI=1S/C14H34N7S.BrH/c1-11-21(12-2)22(19(9)13(15-3)17(5)6)20(10)14(16-4)18(7)8;/h11-12H2,1-10H3;1H/q+1;/p-1/b15-13+,16-14+;. The van der Waals surface area contributed by atoms with Gasteiger partial charge in [-0.3, -0.25) is 9.98 Å². The first-order valence-electron chi connectivity index (χ1n) is 7.51. The topological polar surface area (TPSA) is 40.9 Å². The summed E-state index contributed by atoms with van der Waals surface area (Å²) in [5.41, 5.74) is 0. The number of guanidine groups is 2. The second kappa shape index (κ2) is 11.8. The maximum atomic E-state index is 4.44. The van der Waals surface area contributed by atoms with Gasteiger partial charge >= 0.3 is 11.5 Å². The third-order valence-corrected chi connectivity index (χ3v) is 5.47. The van der Waals surface area contributed by atoms with Crippen LogP contribution < -0.4 is 17.0 Å². The van der Waals surface area contributed by atoms with Crippen LogP contribution in [0.1, 0.15) is 13.8 Å². The highest BCUT2D eigenvalue weighted by Crippen LogP contribution is 2.17. The van der Waals surface area contributed by atoms with Crippen LogP contribution in [0.25, 0.3) is 0 Å². The van der Waals surface area contributed by atoms with Gasteiger partial charge in [-0.05, 0) is 13.8 Å². The Morgan fingerprint density at radius 2 is 1.04 bits per heavy atom. The Labute approximate surface area is 156 Å². The molecule has 0 bridgehead atoms. The van der Waals surface area contributed by atoms with E-state index < -0.39 is 0 Å². The van der Waals surface area contributed by atoms with Crippen molar-refractivity contribution in [2.24, 2.45) is 9.98 Å². The van der Waals surface area contributed by atoms with Crippen LogP contribution in [0.15, 0.2) is 9.98 Å². The zero-order valence-electron chi connectivity index (χ0n) is 16.3. The largest absolute Gasteiger partial charge is 1.00 e. The minimum atomic E-state index is -0.298. The Morgan fingerprint density at radius 1 is 0.739 bits per heavy atom. The molecule has 23 heavy (non-hydrogen) atoms. The SMILES string of the molecule is CCN(CC)[S+](N(C)/C(=N/C)N(C)C)N(C)/C(=N/C)N(C)C.[Br-]. The van der Waals surface area contributed by atoms with Gasteiger partial charge < -0.3 is 26.8 Å². The highest BCUT2D eigenvalue weighted by molar-refractivity contribution is 7.91. The highest BCUT2D eigenvalue weighted by Gasteiger charge is 2.43. The van der Waals surface area contributed by atoms with E-state index in [1.54, 1.807) is 0 Å². The van der Waals surface area contributed by atoms with Gasteiger partial charge in [0.2, 0.25) is 11.9 Å². The predicted molar refractivity (Wildman–Crippen MR) is 99.9 cm³/mol. The van der Waals surface area contributed by atoms with Crippen LogP contribution in [-0.2, 0) is 11.5 Å². The van der Waals surface area contributed by atoms with Gasteiger partial charge in [-0.25, -0.2) is 0 Å². The van der Waals surface area contributed by atoms with Gasteiger partial charge in [0.05, 0.1) is 14.1 Å². The number of rotatable bonds is 5. The van der Waals surface area contributed by atoms with Crippen LogP contribution in [0, 0.1) is 0 Å². The molecule has 0 amide bonds. The molecule has 9 heteroatoms. The van der Waals surface area contributed by atoms with E-state index in [4.69, 9.17) is 0 Å². The van der Waals surface area contributed by atoms with Crippen molar-refractivity contribution in [1.29, 1.82) is 0 Å². The summed E-state index contributed by atoms with van der Waals surface area (Å²) in [6.07, 6.45) is 0. The van der Waals surface area contributed by atoms with E-state index in [1.807, 2.05) is 52.1 Å². The Balaban J connectivity index is 0. The summed E-state index contributed by atoms with van der Waals surface area (Å²) in [5.74, 6) is 1.88. The first kappa shape index (κ1) is 24.6. The van der Waals surface area contributed by atoms with Gasteiger partial charge in [0.25, 0.3) is 0 Å². The van der Waals surface area contributed by atoms with Crippen molar-refractivity contribution in [2.75, 3.05) is 69.5 Å². The number of hydrogen-bond acceptors (Lipinski definition) is 3. The molecule has 0 heterocycles. The van der Waals surface area contributed by atoms with Crippen LogP contribution in [0.2, 0.25) is 0 Å². The third-order valence-electron chi connectivity index (χ3n) is 3.19. The average Bonchev–Trinajstić information content (AvgIpc) is 2.44. The summed E-state index contributed by atoms with van der Waals surface area (Å²) in [5, 5.41) is 0. The van der Waals surface area contributed by atoms with Crippen molar-refractivity contribution in [3.8, 4) is 0 Å². The van der Waals surface area contributed by atoms with Crippen LogP contribution in [0.3, 0.4) is 0 Å². The van der Waals surface area contributed by atoms with Gasteiger partial charge in [0, 0.05) is 55.4 Å². The monoisotopic (exact) mass is 411 g/mol. The summed E-state index contributed by atoms with van der Waals surface area (Å²) in [6, 6.07) is 0. The lowest BCUT2D eigenvalue weighted by atomic mass is 10.7. The second-order valence-electron chi connectivity index (χ2n) is 5.19. The van der Waals surface area contributed by atoms with Crippen molar-refractivity contribution in [3.63, 3.8) is 0 Å². The Bertz CT molecular complexity index is 353. The van der Waals surface area contributed by atoms with E-state index in [0.717, 1.165) is 25.0 Å². The molecular weight excluding hydrogens is 378 g/mol. The van der Waals surface area contributed by atoms with Gasteiger partial charge in [-0.15, -0.1) is 8.61 Å². The third kappa shape index (κ3) is 6.39. The molecule has 0 atom stereocenters. The fraction of sp³-hybridized carbons (Fsp3) is 0.857. The Morgan fingerprint density at radius 3 is 1.22 bits per heavy atom. The summed E-state index contributed by atoms with van der Waals surface area (Å²) in [4.78, 5) is 13.0. The van der Waals surface area contributed by atoms with E-state index in [9.17, 15) is 0 Å². The quantitative estimate of drug-likeness (QED) is 0.288. The van der Waals surface area contributed by atoms with Gasteiger partial charge in [-0.1, -0.05) is 4.31 Å². The molecule has 0 spiro atoms. The maximum Gasteiger partial charge on any atom is 0.329 e. The van der Waals surface area contributed by atoms with Gasteiger partial charge in [0.1, 0.15) is 0 Å². The summed E-state index contributed by atoms with van der Waals surface area (Å²) in [6.45, 7) is 6.29. The van der Waals surface area contributed by atoms with Crippen molar-refractivity contribution in [3.05, 3.63) is 0 Å². The van der Waals surface area contributed by atoms with Crippen molar-refractivity contribution in [1.82, 2.24) is 22.7 Å². The van der Waals surface area contributed by atoms with E-state index >= 15 is 0 Å². The zero-order valence-corrected chi connectivity index (χ0v) is 18.7. The normalized spacial score (nSPS) is 12.3. The first-order chi connectivity index (χ1) is 10.3. The van der Waals surface area contributed by atoms with Gasteiger partial charge in [0.15, 0.2) is 0 Å². The average molecular weight is 412 g/mol. The fourth-order valence-electron chi connectivity index (χ4n) is 2.38. The van der Waals surface area contributed by atoms with Crippen LogP contribution in [0.4, 0.5) is 0 Å². The molecule has 0 saturated heterocycles. The van der Waals surface area contributed by atoms with Crippen LogP contribution in [-0.4, -0.2) is 104 Å². The minimum Gasteiger partial charge on any atom is -1.00 e. The van der Waals surface area contributed by atoms with Crippen LogP contribution in [0.5, 0.6) is 0 Å². The van der Waals surface area contributed by atoms with Crippen LogP contribution >= 0.6 is 0 Å². The maximum absolute atomic E-state index is 4.44. The number of hydrogen-bond donors (Lipinski definition) is 0. The van der Waals surface area contributed by atoms with E-state index in [-0.39, 0.29) is 28.4 Å². The first-order valence-corrected chi connectivity index (χ1v) is 8.61. The zero-order chi connectivity index (χ0) is 17.4. The summed E-state index contributed by atoms with van der Waals surface area (Å²) in [7, 11) is 15.9. The highest BCUT2D eigenvalue weighted by atomic mass is 79.9. The lowest BCUT2D eigenvalue weighted by Gasteiger charge is -2.33. The molecule has 0 aromatic carbocycles. The lowest BCUT2D eigenvalue weighted by molar-refractivity contribution is -0.00000533. The van der Waals surface area contributed by atoms with Gasteiger partial charge in [-0.2, -0.15) is 0 Å². The molecule has 0 N–H and O–H groups in total. The predicted octanol–water partition coefficient (Wildman–Crippen LogP) is -2.35. The Hall–Kier alpha value is -0.670. The smallest absolute Gasteiger partial charge is 0.329 e. The number of aliphatic imine (C=N–C) groups is 2. The number of nitrogens with zero attached hydrogens (tertiary/aromatic N) is 7. The summed E-state index contributed by atoms with van der Waals surface area (Å²) < 4.78 is 6.83. The Kier molecular flexibility index (Phi) is 12.6. The second-order valence-corrected chi connectivity index (χ2v) is 7.29. The molecule has 0 aromatic heterocycles. The molecule has 0 fully saturated rings. The van der Waals surface area contributed by atoms with Crippen molar-refractivity contribution >= 4 is 23.4 Å². The minimum absolute atomic E-state index is 0. The van der Waals surface area contributed by atoms with Crippen molar-refractivity contribution < 1.29 is 17.0 Å². The molecule has 138 valence electrons. The molecule has 0 aliphatic rings. The molecular formula is C14H34BrN7S. The lowest BCUT2D eigenvalue weighted by Crippen LogP contribution is -3.00. The molecule has 0 radical (unpaired) electrons. The summed E-state index contributed by atoms with van der Waals surface area (Å²) >= 11 is -0.298. The molecule has 0 aromatic rings. The fourth-order valence-corrected chi connectivity index (χ4v) is 4.68. The van der Waals surface area contributed by atoms with E-state index in [2.05, 4.69) is 50.8 Å². The molecule has 0 saturated carbocycles. The molecule has 0 unspecified atom stereocenters. The molecule has 0 aliphatic heterocycles. The van der Waals surface area contributed by atoms with E-state index in [0.29, 0.717) is 0 Å². The van der Waals surface area contributed by atoms with Crippen molar-refractivity contribution in [2.45, 2.75) is 13.8 Å².